The normalized spacial score (nSPS) is 24.0. The van der Waals surface area contributed by atoms with Gasteiger partial charge in [-0.2, -0.15) is 0 Å². The van der Waals surface area contributed by atoms with Gasteiger partial charge in [0, 0.05) is 50.2 Å². The van der Waals surface area contributed by atoms with Gasteiger partial charge in [-0.1, -0.05) is 20.8 Å². The molecule has 0 spiro atoms. The number of rotatable bonds is 3. The Labute approximate surface area is 123 Å². The van der Waals surface area contributed by atoms with Crippen LogP contribution in [0.1, 0.15) is 40.4 Å². The lowest BCUT2D eigenvalue weighted by Gasteiger charge is -2.49. The van der Waals surface area contributed by atoms with Crippen LogP contribution in [0.3, 0.4) is 0 Å². The van der Waals surface area contributed by atoms with E-state index in [-0.39, 0.29) is 5.54 Å². The van der Waals surface area contributed by atoms with E-state index >= 15 is 0 Å². The highest BCUT2D eigenvalue weighted by molar-refractivity contribution is 4.97. The van der Waals surface area contributed by atoms with E-state index in [4.69, 9.17) is 0 Å². The maximum Gasteiger partial charge on any atom is 0.105 e. The number of nitrogens with one attached hydrogen (secondary N) is 1. The van der Waals surface area contributed by atoms with Crippen LogP contribution in [0.2, 0.25) is 0 Å². The number of aromatic nitrogens is 2. The highest BCUT2D eigenvalue weighted by Crippen LogP contribution is 2.27. The van der Waals surface area contributed by atoms with Crippen LogP contribution < -0.4 is 5.32 Å². The molecular formula is C16H30N4. The Morgan fingerprint density at radius 1 is 1.35 bits per heavy atom. The second-order valence-electron chi connectivity index (χ2n) is 7.73. The van der Waals surface area contributed by atoms with Gasteiger partial charge in [0.05, 0.1) is 0 Å². The third kappa shape index (κ3) is 3.41. The lowest BCUT2D eigenvalue weighted by Crippen LogP contribution is -2.65. The number of hydrogen-bond acceptors (Lipinski definition) is 3. The van der Waals surface area contributed by atoms with E-state index in [1.54, 1.807) is 0 Å². The standard InChI is InChI=1S/C16H30N4/c1-13-17-7-8-19(13)9-10-20-11-14(15(2,3)4)18-12-16(20,5)6/h7-8,14,18H,9-12H2,1-6H3. The van der Waals surface area contributed by atoms with Crippen LogP contribution in [0, 0.1) is 12.3 Å². The number of nitrogens with zero attached hydrogens (tertiary/aromatic N) is 3. The lowest BCUT2D eigenvalue weighted by atomic mass is 9.83. The predicted octanol–water partition coefficient (Wildman–Crippen LogP) is 2.29. The summed E-state index contributed by atoms with van der Waals surface area (Å²) in [5, 5.41) is 3.72. The maximum absolute atomic E-state index is 4.30. The molecule has 0 aliphatic carbocycles. The summed E-state index contributed by atoms with van der Waals surface area (Å²) in [6.45, 7) is 18.0. The van der Waals surface area contributed by atoms with Crippen molar-refractivity contribution in [2.24, 2.45) is 5.41 Å². The zero-order valence-electron chi connectivity index (χ0n) is 13.9. The molecule has 2 rings (SSSR count). The van der Waals surface area contributed by atoms with Crippen molar-refractivity contribution in [3.8, 4) is 0 Å². The van der Waals surface area contributed by atoms with E-state index < -0.39 is 0 Å². The first-order chi connectivity index (χ1) is 9.20. The fourth-order valence-corrected chi connectivity index (χ4v) is 2.86. The topological polar surface area (TPSA) is 33.1 Å². The van der Waals surface area contributed by atoms with Gasteiger partial charge in [0.2, 0.25) is 0 Å². The highest BCUT2D eigenvalue weighted by atomic mass is 15.3. The van der Waals surface area contributed by atoms with Crippen molar-refractivity contribution in [3.05, 3.63) is 18.2 Å². The number of hydrogen-bond donors (Lipinski definition) is 1. The fraction of sp³-hybridized carbons (Fsp3) is 0.812. The molecule has 0 bridgehead atoms. The van der Waals surface area contributed by atoms with Crippen LogP contribution in [-0.4, -0.2) is 45.7 Å². The Hall–Kier alpha value is -0.870. The first kappa shape index (κ1) is 15.5. The fourth-order valence-electron chi connectivity index (χ4n) is 2.86. The van der Waals surface area contributed by atoms with Crippen LogP contribution in [0.5, 0.6) is 0 Å². The van der Waals surface area contributed by atoms with Crippen molar-refractivity contribution >= 4 is 0 Å². The summed E-state index contributed by atoms with van der Waals surface area (Å²) in [6.07, 6.45) is 3.96. The second-order valence-corrected chi connectivity index (χ2v) is 7.73. The van der Waals surface area contributed by atoms with Crippen molar-refractivity contribution in [3.63, 3.8) is 0 Å². The van der Waals surface area contributed by atoms with Crippen LogP contribution in [0.4, 0.5) is 0 Å². The minimum Gasteiger partial charge on any atom is -0.334 e. The molecule has 4 heteroatoms. The molecular weight excluding hydrogens is 248 g/mol. The van der Waals surface area contributed by atoms with Crippen molar-refractivity contribution in [1.29, 1.82) is 0 Å². The third-order valence-corrected chi connectivity index (χ3v) is 4.62. The van der Waals surface area contributed by atoms with E-state index in [9.17, 15) is 0 Å². The minimum absolute atomic E-state index is 0.218. The molecule has 1 aromatic rings. The predicted molar refractivity (Wildman–Crippen MR) is 83.9 cm³/mol. The molecule has 1 aliphatic rings. The molecule has 2 heterocycles. The minimum atomic E-state index is 0.218. The summed E-state index contributed by atoms with van der Waals surface area (Å²) in [5.74, 6) is 1.10. The molecule has 20 heavy (non-hydrogen) atoms. The molecule has 1 aliphatic heterocycles. The molecule has 1 aromatic heterocycles. The quantitative estimate of drug-likeness (QED) is 0.921. The van der Waals surface area contributed by atoms with Crippen LogP contribution in [-0.2, 0) is 6.54 Å². The monoisotopic (exact) mass is 278 g/mol. The zero-order chi connectivity index (χ0) is 15.0. The number of aryl methyl sites for hydroxylation is 1. The van der Waals surface area contributed by atoms with Crippen molar-refractivity contribution < 1.29 is 0 Å². The van der Waals surface area contributed by atoms with E-state index in [0.29, 0.717) is 11.5 Å². The van der Waals surface area contributed by atoms with Gasteiger partial charge in [-0.05, 0) is 26.2 Å². The van der Waals surface area contributed by atoms with Crippen molar-refractivity contribution in [2.75, 3.05) is 19.6 Å². The van der Waals surface area contributed by atoms with Gasteiger partial charge in [0.1, 0.15) is 5.82 Å². The van der Waals surface area contributed by atoms with Gasteiger partial charge in [-0.25, -0.2) is 4.98 Å². The van der Waals surface area contributed by atoms with Gasteiger partial charge >= 0.3 is 0 Å². The van der Waals surface area contributed by atoms with Gasteiger partial charge in [0.15, 0.2) is 0 Å². The Balaban J connectivity index is 2.01. The molecule has 0 aromatic carbocycles. The summed E-state index contributed by atoms with van der Waals surface area (Å²) in [5.41, 5.74) is 0.524. The molecule has 1 saturated heterocycles. The van der Waals surface area contributed by atoms with Gasteiger partial charge in [-0.3, -0.25) is 4.90 Å². The van der Waals surface area contributed by atoms with Gasteiger partial charge in [0.25, 0.3) is 0 Å². The summed E-state index contributed by atoms with van der Waals surface area (Å²) in [7, 11) is 0. The molecule has 1 fully saturated rings. The largest absolute Gasteiger partial charge is 0.334 e. The Morgan fingerprint density at radius 2 is 2.05 bits per heavy atom. The summed E-state index contributed by atoms with van der Waals surface area (Å²) in [6, 6.07) is 0.555. The SMILES string of the molecule is Cc1nccn1CCN1CC(C(C)(C)C)NCC1(C)C. The molecule has 1 unspecified atom stereocenters. The van der Waals surface area contributed by atoms with E-state index in [1.807, 2.05) is 6.20 Å². The summed E-state index contributed by atoms with van der Waals surface area (Å²) in [4.78, 5) is 6.93. The van der Waals surface area contributed by atoms with Gasteiger partial charge < -0.3 is 9.88 Å². The second kappa shape index (κ2) is 5.49. The number of piperazine rings is 1. The molecule has 1 atom stereocenters. The lowest BCUT2D eigenvalue weighted by molar-refractivity contribution is 0.0333. The summed E-state index contributed by atoms with van der Waals surface area (Å²) >= 11 is 0. The van der Waals surface area contributed by atoms with Crippen molar-refractivity contribution in [1.82, 2.24) is 19.8 Å². The molecule has 4 nitrogen and oxygen atoms in total. The first-order valence-corrected chi connectivity index (χ1v) is 7.66. The highest BCUT2D eigenvalue weighted by Gasteiger charge is 2.37. The maximum atomic E-state index is 4.30. The van der Waals surface area contributed by atoms with Crippen LogP contribution >= 0.6 is 0 Å². The Morgan fingerprint density at radius 3 is 2.60 bits per heavy atom. The Kier molecular flexibility index (Phi) is 4.26. The Bertz CT molecular complexity index is 442. The zero-order valence-corrected chi connectivity index (χ0v) is 13.9. The average Bonchev–Trinajstić information content (AvgIpc) is 2.71. The van der Waals surface area contributed by atoms with E-state index in [2.05, 4.69) is 67.5 Å². The van der Waals surface area contributed by atoms with Crippen LogP contribution in [0.25, 0.3) is 0 Å². The summed E-state index contributed by atoms with van der Waals surface area (Å²) < 4.78 is 2.24. The average molecular weight is 278 g/mol. The first-order valence-electron chi connectivity index (χ1n) is 7.66. The van der Waals surface area contributed by atoms with Crippen LogP contribution in [0.15, 0.2) is 12.4 Å². The van der Waals surface area contributed by atoms with Crippen molar-refractivity contribution in [2.45, 2.75) is 59.7 Å². The smallest absolute Gasteiger partial charge is 0.105 e. The molecule has 1 N–H and O–H groups in total. The number of imidazole rings is 1. The van der Waals surface area contributed by atoms with E-state index in [1.165, 1.54) is 0 Å². The molecule has 0 radical (unpaired) electrons. The molecule has 0 amide bonds. The van der Waals surface area contributed by atoms with Gasteiger partial charge in [-0.15, -0.1) is 0 Å². The molecule has 0 saturated carbocycles. The third-order valence-electron chi connectivity index (χ3n) is 4.62. The molecule has 114 valence electrons. The van der Waals surface area contributed by atoms with E-state index in [0.717, 1.165) is 32.0 Å².